The van der Waals surface area contributed by atoms with Gasteiger partial charge in [0.15, 0.2) is 0 Å². The van der Waals surface area contributed by atoms with E-state index >= 15 is 0 Å². The van der Waals surface area contributed by atoms with Crippen molar-refractivity contribution in [3.05, 3.63) is 0 Å². The average Bonchev–Trinajstić information content (AvgIpc) is 2.91. The second-order valence-corrected chi connectivity index (χ2v) is 7.47. The lowest BCUT2D eigenvalue weighted by atomic mass is 9.81. The van der Waals surface area contributed by atoms with E-state index < -0.39 is 5.54 Å². The fourth-order valence-corrected chi connectivity index (χ4v) is 5.42. The molecular weight excluding hydrogens is 258 g/mol. The van der Waals surface area contributed by atoms with Gasteiger partial charge in [0.2, 0.25) is 0 Å². The molecule has 0 aromatic rings. The van der Waals surface area contributed by atoms with Gasteiger partial charge in [-0.3, -0.25) is 4.79 Å². The highest BCUT2D eigenvalue weighted by molar-refractivity contribution is 8.00. The molecular formula is C15H27NO2S. The molecule has 1 N–H and O–H groups in total. The van der Waals surface area contributed by atoms with E-state index in [1.807, 2.05) is 0 Å². The van der Waals surface area contributed by atoms with Crippen LogP contribution in [0.15, 0.2) is 0 Å². The molecule has 0 aromatic carbocycles. The molecule has 2 aliphatic rings. The Labute approximate surface area is 121 Å². The van der Waals surface area contributed by atoms with E-state index in [4.69, 9.17) is 4.74 Å². The molecule has 0 spiro atoms. The summed E-state index contributed by atoms with van der Waals surface area (Å²) in [5, 5.41) is 4.87. The fourth-order valence-electron chi connectivity index (χ4n) is 3.59. The topological polar surface area (TPSA) is 38.3 Å². The van der Waals surface area contributed by atoms with Crippen molar-refractivity contribution in [1.29, 1.82) is 0 Å². The first-order valence-electron chi connectivity index (χ1n) is 7.69. The minimum atomic E-state index is -0.419. The van der Waals surface area contributed by atoms with Gasteiger partial charge in [-0.2, -0.15) is 11.8 Å². The molecule has 0 aliphatic heterocycles. The Morgan fingerprint density at radius 2 is 1.95 bits per heavy atom. The summed E-state index contributed by atoms with van der Waals surface area (Å²) in [5.41, 5.74) is -0.419. The third-order valence-electron chi connectivity index (χ3n) is 4.48. The summed E-state index contributed by atoms with van der Waals surface area (Å²) < 4.78 is 5.05. The third kappa shape index (κ3) is 3.66. The maximum Gasteiger partial charge on any atom is 0.326 e. The molecule has 0 saturated heterocycles. The van der Waals surface area contributed by atoms with Crippen LogP contribution in [-0.2, 0) is 9.53 Å². The first kappa shape index (κ1) is 15.2. The Morgan fingerprint density at radius 1 is 1.26 bits per heavy atom. The monoisotopic (exact) mass is 285 g/mol. The molecule has 0 amide bonds. The molecule has 2 fully saturated rings. The SMILES string of the molecule is CCNC1(C(=O)OC)CCCC(SC2CCCC2)C1. The Kier molecular flexibility index (Phi) is 5.58. The van der Waals surface area contributed by atoms with Crippen LogP contribution in [0.4, 0.5) is 0 Å². The molecule has 0 aromatic heterocycles. The number of rotatable bonds is 5. The number of carbonyl (C=O) groups excluding carboxylic acids is 1. The zero-order valence-corrected chi connectivity index (χ0v) is 13.1. The number of hydrogen-bond acceptors (Lipinski definition) is 4. The Hall–Kier alpha value is -0.220. The van der Waals surface area contributed by atoms with Crippen LogP contribution in [0.2, 0.25) is 0 Å². The number of ether oxygens (including phenoxy) is 1. The largest absolute Gasteiger partial charge is 0.468 e. The standard InChI is InChI=1S/C15H27NO2S/c1-3-16-15(14(17)18-2)10-6-9-13(11-15)19-12-7-4-5-8-12/h12-13,16H,3-11H2,1-2H3. The highest BCUT2D eigenvalue weighted by Gasteiger charge is 2.43. The van der Waals surface area contributed by atoms with Crippen molar-refractivity contribution >= 4 is 17.7 Å². The summed E-state index contributed by atoms with van der Waals surface area (Å²) in [6, 6.07) is 0. The van der Waals surface area contributed by atoms with Gasteiger partial charge in [0.25, 0.3) is 0 Å². The summed E-state index contributed by atoms with van der Waals surface area (Å²) in [6.45, 7) is 2.90. The summed E-state index contributed by atoms with van der Waals surface area (Å²) in [7, 11) is 1.51. The molecule has 3 nitrogen and oxygen atoms in total. The predicted molar refractivity (Wildman–Crippen MR) is 80.5 cm³/mol. The number of thioether (sulfide) groups is 1. The third-order valence-corrected chi connectivity index (χ3v) is 6.13. The van der Waals surface area contributed by atoms with Gasteiger partial charge in [-0.15, -0.1) is 0 Å². The van der Waals surface area contributed by atoms with Crippen LogP contribution in [0.3, 0.4) is 0 Å². The molecule has 110 valence electrons. The van der Waals surface area contributed by atoms with Crippen LogP contribution in [0.1, 0.15) is 58.3 Å². The number of nitrogens with one attached hydrogen (secondary N) is 1. The molecule has 19 heavy (non-hydrogen) atoms. The van der Waals surface area contributed by atoms with Crippen molar-refractivity contribution < 1.29 is 9.53 Å². The fraction of sp³-hybridized carbons (Fsp3) is 0.933. The molecule has 2 atom stereocenters. The van der Waals surface area contributed by atoms with Gasteiger partial charge < -0.3 is 10.1 Å². The summed E-state index contributed by atoms with van der Waals surface area (Å²) in [6.07, 6.45) is 9.77. The van der Waals surface area contributed by atoms with E-state index in [1.165, 1.54) is 39.2 Å². The van der Waals surface area contributed by atoms with Crippen molar-refractivity contribution in [2.75, 3.05) is 13.7 Å². The van der Waals surface area contributed by atoms with Gasteiger partial charge in [0.05, 0.1) is 7.11 Å². The molecule has 2 unspecified atom stereocenters. The molecule has 2 aliphatic carbocycles. The molecule has 2 rings (SSSR count). The number of hydrogen-bond donors (Lipinski definition) is 1. The van der Waals surface area contributed by atoms with Crippen LogP contribution in [0.5, 0.6) is 0 Å². The Morgan fingerprint density at radius 3 is 2.58 bits per heavy atom. The van der Waals surface area contributed by atoms with E-state index in [2.05, 4.69) is 24.0 Å². The van der Waals surface area contributed by atoms with E-state index in [0.717, 1.165) is 31.1 Å². The molecule has 2 saturated carbocycles. The molecule has 0 radical (unpaired) electrons. The van der Waals surface area contributed by atoms with Gasteiger partial charge in [-0.05, 0) is 45.1 Å². The van der Waals surface area contributed by atoms with Gasteiger partial charge in [0, 0.05) is 10.5 Å². The molecule has 0 bridgehead atoms. The van der Waals surface area contributed by atoms with E-state index in [1.54, 1.807) is 0 Å². The number of esters is 1. The van der Waals surface area contributed by atoms with E-state index in [0.29, 0.717) is 5.25 Å². The van der Waals surface area contributed by atoms with Crippen molar-refractivity contribution in [3.63, 3.8) is 0 Å². The summed E-state index contributed by atoms with van der Waals surface area (Å²) in [5.74, 6) is -0.0638. The van der Waals surface area contributed by atoms with Crippen molar-refractivity contribution in [3.8, 4) is 0 Å². The van der Waals surface area contributed by atoms with Gasteiger partial charge >= 0.3 is 5.97 Å². The van der Waals surface area contributed by atoms with Crippen molar-refractivity contribution in [1.82, 2.24) is 5.32 Å². The first-order valence-corrected chi connectivity index (χ1v) is 8.63. The minimum Gasteiger partial charge on any atom is -0.468 e. The lowest BCUT2D eigenvalue weighted by molar-refractivity contribution is -0.150. The van der Waals surface area contributed by atoms with Crippen LogP contribution >= 0.6 is 11.8 Å². The van der Waals surface area contributed by atoms with E-state index in [-0.39, 0.29) is 5.97 Å². The zero-order chi connectivity index (χ0) is 13.7. The van der Waals surface area contributed by atoms with E-state index in [9.17, 15) is 4.79 Å². The minimum absolute atomic E-state index is 0.0638. The lowest BCUT2D eigenvalue weighted by Crippen LogP contribution is -2.56. The summed E-state index contributed by atoms with van der Waals surface area (Å²) in [4.78, 5) is 12.2. The van der Waals surface area contributed by atoms with Gasteiger partial charge in [-0.1, -0.05) is 19.8 Å². The van der Waals surface area contributed by atoms with Crippen LogP contribution in [-0.4, -0.2) is 35.7 Å². The smallest absolute Gasteiger partial charge is 0.326 e. The maximum atomic E-state index is 12.2. The Balaban J connectivity index is 1.97. The Bertz CT molecular complexity index is 301. The second-order valence-electron chi connectivity index (χ2n) is 5.86. The van der Waals surface area contributed by atoms with Crippen molar-refractivity contribution in [2.24, 2.45) is 0 Å². The van der Waals surface area contributed by atoms with Crippen molar-refractivity contribution in [2.45, 2.75) is 74.3 Å². The maximum absolute atomic E-state index is 12.2. The molecule has 0 heterocycles. The highest BCUT2D eigenvalue weighted by atomic mass is 32.2. The zero-order valence-electron chi connectivity index (χ0n) is 12.2. The van der Waals surface area contributed by atoms with Gasteiger partial charge in [-0.25, -0.2) is 0 Å². The van der Waals surface area contributed by atoms with Crippen LogP contribution in [0, 0.1) is 0 Å². The second kappa shape index (κ2) is 6.98. The number of likely N-dealkylation sites (N-methyl/N-ethyl adjacent to an activating group) is 1. The lowest BCUT2D eigenvalue weighted by Gasteiger charge is -2.39. The molecule has 4 heteroatoms. The van der Waals surface area contributed by atoms with Crippen LogP contribution < -0.4 is 5.32 Å². The first-order chi connectivity index (χ1) is 9.20. The van der Waals surface area contributed by atoms with Crippen LogP contribution in [0.25, 0.3) is 0 Å². The highest BCUT2D eigenvalue weighted by Crippen LogP contribution is 2.41. The normalized spacial score (nSPS) is 32.4. The number of methoxy groups -OCH3 is 1. The number of carbonyl (C=O) groups is 1. The predicted octanol–water partition coefficient (Wildman–Crippen LogP) is 3.13. The quantitative estimate of drug-likeness (QED) is 0.788. The average molecular weight is 285 g/mol. The summed E-state index contributed by atoms with van der Waals surface area (Å²) >= 11 is 2.14. The van der Waals surface area contributed by atoms with Gasteiger partial charge in [0.1, 0.15) is 5.54 Å².